The number of nitrogens with zero attached hydrogens (tertiary/aromatic N) is 2. The van der Waals surface area contributed by atoms with Gasteiger partial charge >= 0.3 is 5.71 Å². The van der Waals surface area contributed by atoms with E-state index in [9.17, 15) is 0 Å². The van der Waals surface area contributed by atoms with Gasteiger partial charge < -0.3 is 10.8 Å². The van der Waals surface area contributed by atoms with Crippen LogP contribution in [-0.2, 0) is 6.54 Å². The first-order chi connectivity index (χ1) is 7.88. The van der Waals surface area contributed by atoms with Crippen molar-refractivity contribution in [2.45, 2.75) is 12.6 Å². The van der Waals surface area contributed by atoms with Crippen LogP contribution in [0.5, 0.6) is 0 Å². The SMILES string of the molecule is [N-]=[N+]=C1C=CC(NCc2ccccc2)C=C1. The Labute approximate surface area is 94.7 Å². The Bertz CT molecular complexity index is 437. The molecule has 0 heterocycles. The van der Waals surface area contributed by atoms with Crippen LogP contribution in [0.1, 0.15) is 5.56 Å². The summed E-state index contributed by atoms with van der Waals surface area (Å²) in [6.45, 7) is 0.825. The zero-order valence-electron chi connectivity index (χ0n) is 8.88. The molecule has 1 aliphatic carbocycles. The Hall–Kier alpha value is -1.96. The highest BCUT2D eigenvalue weighted by Gasteiger charge is 2.08. The highest BCUT2D eigenvalue weighted by molar-refractivity contribution is 6.00. The highest BCUT2D eigenvalue weighted by atomic mass is 14.9. The molecular weight excluding hydrogens is 198 g/mol. The molecule has 0 fully saturated rings. The summed E-state index contributed by atoms with van der Waals surface area (Å²) in [4.78, 5) is 3.12. The molecule has 0 unspecified atom stereocenters. The van der Waals surface area contributed by atoms with E-state index in [-0.39, 0.29) is 6.04 Å². The summed E-state index contributed by atoms with van der Waals surface area (Å²) >= 11 is 0. The summed E-state index contributed by atoms with van der Waals surface area (Å²) in [7, 11) is 0. The lowest BCUT2D eigenvalue weighted by Gasteiger charge is -2.11. The Balaban J connectivity index is 1.89. The van der Waals surface area contributed by atoms with Gasteiger partial charge in [0.25, 0.3) is 0 Å². The number of allylic oxidation sites excluding steroid dienone is 2. The molecule has 0 saturated heterocycles. The Morgan fingerprint density at radius 2 is 1.81 bits per heavy atom. The molecular formula is C13H13N3. The van der Waals surface area contributed by atoms with Crippen LogP contribution in [0.15, 0.2) is 54.6 Å². The summed E-state index contributed by atoms with van der Waals surface area (Å²) in [5.74, 6) is 0. The van der Waals surface area contributed by atoms with Crippen LogP contribution in [0.3, 0.4) is 0 Å². The van der Waals surface area contributed by atoms with Gasteiger partial charge in [-0.05, 0) is 5.56 Å². The molecule has 0 bridgehead atoms. The molecule has 0 aromatic heterocycles. The molecule has 3 heteroatoms. The van der Waals surface area contributed by atoms with E-state index in [2.05, 4.69) is 22.2 Å². The number of hydrogen-bond acceptors (Lipinski definition) is 1. The van der Waals surface area contributed by atoms with Crippen LogP contribution in [0, 0.1) is 0 Å². The van der Waals surface area contributed by atoms with E-state index in [0.29, 0.717) is 5.71 Å². The minimum absolute atomic E-state index is 0.200. The predicted octanol–water partition coefficient (Wildman–Crippen LogP) is 1.94. The van der Waals surface area contributed by atoms with Crippen LogP contribution in [0.2, 0.25) is 0 Å². The molecule has 16 heavy (non-hydrogen) atoms. The summed E-state index contributed by atoms with van der Waals surface area (Å²) in [6.07, 6.45) is 7.53. The standard InChI is InChI=1S/C13H13N3/c14-16-13-8-6-12(7-9-13)15-10-11-4-2-1-3-5-11/h1-9,12,15H,10H2. The van der Waals surface area contributed by atoms with Gasteiger partial charge in [-0.15, -0.1) is 0 Å². The fourth-order valence-electron chi connectivity index (χ4n) is 1.56. The number of hydrogen-bond donors (Lipinski definition) is 1. The zero-order chi connectivity index (χ0) is 11.2. The molecule has 0 aliphatic heterocycles. The van der Waals surface area contributed by atoms with E-state index in [1.54, 1.807) is 12.2 Å². The largest absolute Gasteiger partial charge is 0.361 e. The molecule has 1 aliphatic rings. The molecule has 3 nitrogen and oxygen atoms in total. The lowest BCUT2D eigenvalue weighted by atomic mass is 10.1. The molecule has 80 valence electrons. The smallest absolute Gasteiger partial charge is 0.314 e. The van der Waals surface area contributed by atoms with E-state index in [1.165, 1.54) is 5.56 Å². The quantitative estimate of drug-likeness (QED) is 0.603. The van der Waals surface area contributed by atoms with Gasteiger partial charge in [-0.2, -0.15) is 4.79 Å². The average molecular weight is 211 g/mol. The molecule has 0 spiro atoms. The molecule has 0 saturated carbocycles. The maximum absolute atomic E-state index is 8.55. The lowest BCUT2D eigenvalue weighted by Crippen LogP contribution is -2.26. The Morgan fingerprint density at radius 3 is 2.44 bits per heavy atom. The van der Waals surface area contributed by atoms with Crippen LogP contribution < -0.4 is 5.32 Å². The van der Waals surface area contributed by atoms with Gasteiger partial charge in [-0.25, -0.2) is 0 Å². The third kappa shape index (κ3) is 2.76. The monoisotopic (exact) mass is 211 g/mol. The van der Waals surface area contributed by atoms with Gasteiger partial charge in [-0.3, -0.25) is 0 Å². The molecule has 1 aromatic carbocycles. The third-order valence-electron chi connectivity index (χ3n) is 2.45. The molecule has 2 rings (SSSR count). The van der Waals surface area contributed by atoms with Crippen molar-refractivity contribution in [3.63, 3.8) is 0 Å². The molecule has 1 aromatic rings. The summed E-state index contributed by atoms with van der Waals surface area (Å²) in [5, 5.41) is 3.37. The normalized spacial score (nSPS) is 18.5. The second-order valence-corrected chi connectivity index (χ2v) is 3.64. The van der Waals surface area contributed by atoms with Gasteiger partial charge in [0.05, 0.1) is 0 Å². The van der Waals surface area contributed by atoms with E-state index in [1.807, 2.05) is 30.4 Å². The molecule has 0 atom stereocenters. The van der Waals surface area contributed by atoms with Gasteiger partial charge in [0.2, 0.25) is 0 Å². The average Bonchev–Trinajstić information content (AvgIpc) is 2.38. The summed E-state index contributed by atoms with van der Waals surface area (Å²) < 4.78 is 0. The predicted molar refractivity (Wildman–Crippen MR) is 64.0 cm³/mol. The Morgan fingerprint density at radius 1 is 1.12 bits per heavy atom. The molecule has 1 N–H and O–H groups in total. The maximum Gasteiger partial charge on any atom is 0.314 e. The van der Waals surface area contributed by atoms with Gasteiger partial charge in [0.15, 0.2) is 0 Å². The lowest BCUT2D eigenvalue weighted by molar-refractivity contribution is -0.00165. The second-order valence-electron chi connectivity index (χ2n) is 3.64. The van der Waals surface area contributed by atoms with Crippen LogP contribution in [-0.4, -0.2) is 16.5 Å². The molecule has 0 radical (unpaired) electrons. The van der Waals surface area contributed by atoms with Crippen molar-refractivity contribution in [2.24, 2.45) is 0 Å². The van der Waals surface area contributed by atoms with Gasteiger partial charge in [0, 0.05) is 24.7 Å². The summed E-state index contributed by atoms with van der Waals surface area (Å²) in [5.41, 5.74) is 10.4. The van der Waals surface area contributed by atoms with Crippen molar-refractivity contribution >= 4 is 5.71 Å². The van der Waals surface area contributed by atoms with E-state index in [0.717, 1.165) is 6.54 Å². The number of rotatable bonds is 3. The first-order valence-corrected chi connectivity index (χ1v) is 5.24. The van der Waals surface area contributed by atoms with Crippen LogP contribution in [0.25, 0.3) is 5.53 Å². The van der Waals surface area contributed by atoms with E-state index >= 15 is 0 Å². The van der Waals surface area contributed by atoms with Gasteiger partial charge in [0.1, 0.15) is 0 Å². The minimum Gasteiger partial charge on any atom is -0.361 e. The number of benzene rings is 1. The van der Waals surface area contributed by atoms with Crippen LogP contribution >= 0.6 is 0 Å². The third-order valence-corrected chi connectivity index (χ3v) is 2.45. The maximum atomic E-state index is 8.55. The number of nitrogens with one attached hydrogen (secondary N) is 1. The topological polar surface area (TPSA) is 48.4 Å². The van der Waals surface area contributed by atoms with Crippen molar-refractivity contribution in [1.82, 2.24) is 5.32 Å². The molecule has 0 amide bonds. The first-order valence-electron chi connectivity index (χ1n) is 5.24. The van der Waals surface area contributed by atoms with Crippen molar-refractivity contribution in [3.05, 3.63) is 65.7 Å². The van der Waals surface area contributed by atoms with E-state index in [4.69, 9.17) is 5.53 Å². The first kappa shape index (κ1) is 10.6. The summed E-state index contributed by atoms with van der Waals surface area (Å²) in [6, 6.07) is 10.4. The van der Waals surface area contributed by atoms with Crippen LogP contribution in [0.4, 0.5) is 0 Å². The Kier molecular flexibility index (Phi) is 3.44. The van der Waals surface area contributed by atoms with Gasteiger partial charge in [-0.1, -0.05) is 42.5 Å². The van der Waals surface area contributed by atoms with Crippen molar-refractivity contribution < 1.29 is 4.79 Å². The van der Waals surface area contributed by atoms with Crippen molar-refractivity contribution in [2.75, 3.05) is 0 Å². The van der Waals surface area contributed by atoms with E-state index < -0.39 is 0 Å². The minimum atomic E-state index is 0.200. The highest BCUT2D eigenvalue weighted by Crippen LogP contribution is 2.02. The fourth-order valence-corrected chi connectivity index (χ4v) is 1.56. The fraction of sp³-hybridized carbons (Fsp3) is 0.154. The second kappa shape index (κ2) is 5.21. The van der Waals surface area contributed by atoms with Crippen molar-refractivity contribution in [3.8, 4) is 0 Å². The zero-order valence-corrected chi connectivity index (χ0v) is 8.88. The van der Waals surface area contributed by atoms with Crippen molar-refractivity contribution in [1.29, 1.82) is 0 Å².